The molecule has 246 valence electrons. The maximum Gasteiger partial charge on any atom is 0.258 e. The first-order chi connectivity index (χ1) is 23.3. The number of ether oxygens (including phenoxy) is 1. The van der Waals surface area contributed by atoms with E-state index in [1.165, 1.54) is 11.6 Å². The summed E-state index contributed by atoms with van der Waals surface area (Å²) in [5, 5.41) is 17.3. The van der Waals surface area contributed by atoms with Crippen LogP contribution in [0.4, 0.5) is 0 Å². The molecule has 0 aliphatic carbocycles. The number of aromatic amines is 1. The molecule has 0 saturated carbocycles. The van der Waals surface area contributed by atoms with Crippen LogP contribution in [0.25, 0.3) is 10.9 Å². The fourth-order valence-corrected chi connectivity index (χ4v) is 6.05. The van der Waals surface area contributed by atoms with Crippen molar-refractivity contribution in [2.24, 2.45) is 0 Å². The molecule has 9 nitrogen and oxygen atoms in total. The molecule has 1 fully saturated rings. The van der Waals surface area contributed by atoms with E-state index in [2.05, 4.69) is 40.7 Å². The van der Waals surface area contributed by atoms with Gasteiger partial charge < -0.3 is 30.4 Å². The summed E-state index contributed by atoms with van der Waals surface area (Å²) in [5.41, 5.74) is 5.36. The number of H-pyrrole nitrogens is 1. The van der Waals surface area contributed by atoms with Gasteiger partial charge in [-0.15, -0.1) is 0 Å². The SMILES string of the molecule is CC(c1ccccc1)c1cccc(OCC(=O)NC2CN(C(=O)c3ccc(CCNCCc4ccc(O)c5[nH]c(=O)ccc45)cc3)C2)c1. The Bertz CT molecular complexity index is 1930. The highest BCUT2D eigenvalue weighted by Gasteiger charge is 2.32. The van der Waals surface area contributed by atoms with Crippen molar-refractivity contribution in [2.45, 2.75) is 31.7 Å². The van der Waals surface area contributed by atoms with E-state index in [0.29, 0.717) is 29.9 Å². The highest BCUT2D eigenvalue weighted by Crippen LogP contribution is 2.27. The molecule has 1 atom stereocenters. The summed E-state index contributed by atoms with van der Waals surface area (Å²) in [6.45, 7) is 4.51. The van der Waals surface area contributed by atoms with Crippen LogP contribution in [-0.2, 0) is 17.6 Å². The van der Waals surface area contributed by atoms with Crippen molar-refractivity contribution >= 4 is 22.7 Å². The van der Waals surface area contributed by atoms with Crippen molar-refractivity contribution in [3.63, 3.8) is 0 Å². The fourth-order valence-electron chi connectivity index (χ4n) is 6.05. The molecule has 1 aromatic heterocycles. The maximum absolute atomic E-state index is 13.0. The number of aromatic hydroxyl groups is 1. The van der Waals surface area contributed by atoms with Crippen LogP contribution in [0.2, 0.25) is 0 Å². The van der Waals surface area contributed by atoms with Crippen LogP contribution in [-0.4, -0.2) is 65.6 Å². The molecular formula is C39H40N4O5. The highest BCUT2D eigenvalue weighted by atomic mass is 16.5. The number of fused-ring (bicyclic) bond motifs is 1. The number of rotatable bonds is 13. The molecule has 4 aromatic carbocycles. The number of benzene rings is 4. The predicted molar refractivity (Wildman–Crippen MR) is 187 cm³/mol. The number of pyridine rings is 1. The Kier molecular flexibility index (Phi) is 10.2. The van der Waals surface area contributed by atoms with E-state index >= 15 is 0 Å². The summed E-state index contributed by atoms with van der Waals surface area (Å²) in [4.78, 5) is 41.6. The molecule has 1 aliphatic heterocycles. The first-order valence-corrected chi connectivity index (χ1v) is 16.3. The fraction of sp³-hybridized carbons (Fsp3) is 0.256. The molecule has 0 bridgehead atoms. The largest absolute Gasteiger partial charge is 0.506 e. The van der Waals surface area contributed by atoms with Crippen molar-refractivity contribution in [1.29, 1.82) is 0 Å². The molecule has 1 unspecified atom stereocenters. The second kappa shape index (κ2) is 15.0. The third-order valence-corrected chi connectivity index (χ3v) is 8.89. The minimum Gasteiger partial charge on any atom is -0.506 e. The van der Waals surface area contributed by atoms with Gasteiger partial charge in [0.05, 0.1) is 11.6 Å². The lowest BCUT2D eigenvalue weighted by molar-refractivity contribution is -0.124. The van der Waals surface area contributed by atoms with Gasteiger partial charge in [-0.2, -0.15) is 0 Å². The van der Waals surface area contributed by atoms with Crippen LogP contribution in [0.5, 0.6) is 11.5 Å². The van der Waals surface area contributed by atoms with Crippen LogP contribution in [0.3, 0.4) is 0 Å². The quantitative estimate of drug-likeness (QED) is 0.137. The standard InChI is InChI=1S/C39H40N4O5/c1-26(28-6-3-2-4-7-28)31-8-5-9-33(22-31)48-25-37(46)41-32-23-43(24-32)39(47)30-12-10-27(11-13-30)18-20-40-21-19-29-14-16-35(44)38-34(29)15-17-36(45)42-38/h2-17,22,26,32,40,44H,18-21,23-25H2,1H3,(H,41,46)(H,42,45). The normalized spacial score (nSPS) is 13.6. The van der Waals surface area contributed by atoms with Crippen molar-refractivity contribution in [3.8, 4) is 11.5 Å². The molecule has 4 N–H and O–H groups in total. The van der Waals surface area contributed by atoms with E-state index in [-0.39, 0.29) is 41.7 Å². The van der Waals surface area contributed by atoms with Crippen LogP contribution < -0.4 is 20.9 Å². The van der Waals surface area contributed by atoms with Gasteiger partial charge in [-0.1, -0.05) is 67.6 Å². The molecule has 2 amide bonds. The number of phenolic OH excluding ortho intramolecular Hbond substituents is 1. The molecule has 1 saturated heterocycles. The van der Waals surface area contributed by atoms with E-state index in [1.54, 1.807) is 17.0 Å². The van der Waals surface area contributed by atoms with E-state index in [1.807, 2.05) is 66.7 Å². The lowest BCUT2D eigenvalue weighted by atomic mass is 9.93. The topological polar surface area (TPSA) is 124 Å². The summed E-state index contributed by atoms with van der Waals surface area (Å²) >= 11 is 0. The first kappa shape index (κ1) is 32.5. The number of carbonyl (C=O) groups excluding carboxylic acids is 2. The van der Waals surface area contributed by atoms with Gasteiger partial charge in [0.15, 0.2) is 6.61 Å². The van der Waals surface area contributed by atoms with Gasteiger partial charge in [-0.05, 0) is 84.6 Å². The van der Waals surface area contributed by atoms with Gasteiger partial charge in [0.25, 0.3) is 11.8 Å². The van der Waals surface area contributed by atoms with Gasteiger partial charge in [0.2, 0.25) is 5.56 Å². The minimum absolute atomic E-state index is 0.0479. The lowest BCUT2D eigenvalue weighted by Gasteiger charge is -2.39. The summed E-state index contributed by atoms with van der Waals surface area (Å²) < 4.78 is 5.79. The van der Waals surface area contributed by atoms with Gasteiger partial charge in [0, 0.05) is 36.0 Å². The summed E-state index contributed by atoms with van der Waals surface area (Å²) in [6, 6.07) is 32.4. The molecule has 0 radical (unpaired) electrons. The summed E-state index contributed by atoms with van der Waals surface area (Å²) in [7, 11) is 0. The number of hydrogen-bond acceptors (Lipinski definition) is 6. The molecule has 2 heterocycles. The highest BCUT2D eigenvalue weighted by molar-refractivity contribution is 5.95. The van der Waals surface area contributed by atoms with E-state index in [9.17, 15) is 19.5 Å². The Balaban J connectivity index is 0.889. The molecule has 9 heteroatoms. The molecule has 48 heavy (non-hydrogen) atoms. The van der Waals surface area contributed by atoms with Gasteiger partial charge >= 0.3 is 0 Å². The van der Waals surface area contributed by atoms with Crippen molar-refractivity contribution in [2.75, 3.05) is 32.8 Å². The lowest BCUT2D eigenvalue weighted by Crippen LogP contribution is -2.61. The van der Waals surface area contributed by atoms with Crippen LogP contribution in [0.1, 0.15) is 45.5 Å². The molecule has 6 rings (SSSR count). The first-order valence-electron chi connectivity index (χ1n) is 16.3. The monoisotopic (exact) mass is 644 g/mol. The van der Waals surface area contributed by atoms with E-state index in [4.69, 9.17) is 4.74 Å². The molecule has 5 aromatic rings. The van der Waals surface area contributed by atoms with Gasteiger partial charge in [-0.3, -0.25) is 14.4 Å². The number of aromatic nitrogens is 1. The zero-order valence-electron chi connectivity index (χ0n) is 26.9. The smallest absolute Gasteiger partial charge is 0.258 e. The number of carbonyl (C=O) groups is 2. The van der Waals surface area contributed by atoms with Crippen LogP contribution in [0, 0.1) is 0 Å². The second-order valence-corrected chi connectivity index (χ2v) is 12.3. The Morgan fingerprint density at radius 2 is 1.65 bits per heavy atom. The van der Waals surface area contributed by atoms with Crippen LogP contribution in [0.15, 0.2) is 108 Å². The number of phenols is 1. The molecule has 1 aliphatic rings. The number of hydrogen-bond donors (Lipinski definition) is 4. The van der Waals surface area contributed by atoms with Gasteiger partial charge in [0.1, 0.15) is 11.5 Å². The Labute approximate surface area is 279 Å². The zero-order valence-corrected chi connectivity index (χ0v) is 26.9. The number of likely N-dealkylation sites (tertiary alicyclic amines) is 1. The van der Waals surface area contributed by atoms with E-state index in [0.717, 1.165) is 48.0 Å². The summed E-state index contributed by atoms with van der Waals surface area (Å²) in [6.07, 6.45) is 1.57. The van der Waals surface area contributed by atoms with Crippen molar-refractivity contribution in [3.05, 3.63) is 141 Å². The summed E-state index contributed by atoms with van der Waals surface area (Å²) in [5.74, 6) is 0.668. The van der Waals surface area contributed by atoms with Gasteiger partial charge in [-0.25, -0.2) is 0 Å². The van der Waals surface area contributed by atoms with Crippen molar-refractivity contribution in [1.82, 2.24) is 20.5 Å². The zero-order chi connectivity index (χ0) is 33.5. The second-order valence-electron chi connectivity index (χ2n) is 12.3. The third-order valence-electron chi connectivity index (χ3n) is 8.89. The Morgan fingerprint density at radius 1 is 0.896 bits per heavy atom. The number of amides is 2. The average molecular weight is 645 g/mol. The molecule has 0 spiro atoms. The Morgan fingerprint density at radius 3 is 2.44 bits per heavy atom. The van der Waals surface area contributed by atoms with E-state index < -0.39 is 0 Å². The number of nitrogens with zero attached hydrogens (tertiary/aromatic N) is 1. The average Bonchev–Trinajstić information content (AvgIpc) is 3.10. The van der Waals surface area contributed by atoms with Crippen LogP contribution >= 0.6 is 0 Å². The third kappa shape index (κ3) is 7.93. The predicted octanol–water partition coefficient (Wildman–Crippen LogP) is 4.78. The number of nitrogens with one attached hydrogen (secondary N) is 3. The van der Waals surface area contributed by atoms with Crippen molar-refractivity contribution < 1.29 is 19.4 Å². The Hall–Kier alpha value is -5.41. The minimum atomic E-state index is -0.243. The molecular weight excluding hydrogens is 604 g/mol. The maximum atomic E-state index is 13.0.